The summed E-state index contributed by atoms with van der Waals surface area (Å²) in [5, 5.41) is 13.9. The maximum absolute atomic E-state index is 12.9. The van der Waals surface area contributed by atoms with Crippen LogP contribution in [0.2, 0.25) is 0 Å². The molecule has 0 heterocycles. The zero-order valence-electron chi connectivity index (χ0n) is 42.4. The maximum atomic E-state index is 12.9. The molecule has 0 aliphatic carbocycles. The van der Waals surface area contributed by atoms with Crippen LogP contribution in [0.3, 0.4) is 0 Å². The van der Waals surface area contributed by atoms with Crippen molar-refractivity contribution in [3.8, 4) is 0 Å². The lowest BCUT2D eigenvalue weighted by molar-refractivity contribution is -0.870. The van der Waals surface area contributed by atoms with Gasteiger partial charge in [0.15, 0.2) is 0 Å². The number of hydrogen-bond acceptors (Lipinski definition) is 6. The molecule has 62 heavy (non-hydrogen) atoms. The topological polar surface area (TPSA) is 108 Å². The number of nitrogens with zero attached hydrogens (tertiary/aromatic N) is 1. The average Bonchev–Trinajstić information content (AvgIpc) is 3.23. The van der Waals surface area contributed by atoms with Crippen molar-refractivity contribution in [1.82, 2.24) is 5.32 Å². The fourth-order valence-corrected chi connectivity index (χ4v) is 9.24. The summed E-state index contributed by atoms with van der Waals surface area (Å²) in [5.74, 6) is -0.161. The minimum Gasteiger partial charge on any atom is -0.756 e. The van der Waals surface area contributed by atoms with Crippen molar-refractivity contribution in [3.05, 3.63) is 0 Å². The van der Waals surface area contributed by atoms with E-state index in [2.05, 4.69) is 19.2 Å². The molecule has 0 fully saturated rings. The second-order valence-corrected chi connectivity index (χ2v) is 21.7. The second-order valence-electron chi connectivity index (χ2n) is 20.3. The third-order valence-corrected chi connectivity index (χ3v) is 13.8. The summed E-state index contributed by atoms with van der Waals surface area (Å²) >= 11 is 0. The Morgan fingerprint density at radius 2 is 0.790 bits per heavy atom. The molecule has 0 saturated heterocycles. The molecule has 0 bridgehead atoms. The van der Waals surface area contributed by atoms with Crippen LogP contribution in [-0.4, -0.2) is 68.5 Å². The fourth-order valence-electron chi connectivity index (χ4n) is 8.51. The number of nitrogens with one attached hydrogen (secondary N) is 1. The van der Waals surface area contributed by atoms with Crippen LogP contribution in [0.25, 0.3) is 0 Å². The molecule has 372 valence electrons. The molecule has 3 unspecified atom stereocenters. The van der Waals surface area contributed by atoms with Crippen LogP contribution >= 0.6 is 7.82 Å². The van der Waals surface area contributed by atoms with E-state index < -0.39 is 20.0 Å². The Morgan fingerprint density at radius 1 is 0.500 bits per heavy atom. The van der Waals surface area contributed by atoms with Gasteiger partial charge in [0.25, 0.3) is 7.82 Å². The first kappa shape index (κ1) is 61.5. The number of likely N-dealkylation sites (N-methyl/N-ethyl adjacent to an activating group) is 1. The van der Waals surface area contributed by atoms with Crippen LogP contribution in [0.5, 0.6) is 0 Å². The molecule has 0 aliphatic rings. The van der Waals surface area contributed by atoms with Gasteiger partial charge in [-0.3, -0.25) is 9.36 Å². The van der Waals surface area contributed by atoms with Gasteiger partial charge in [0.05, 0.1) is 39.9 Å². The van der Waals surface area contributed by atoms with Crippen molar-refractivity contribution in [2.75, 3.05) is 40.9 Å². The molecule has 3 atom stereocenters. The molecule has 0 aromatic rings. The zero-order valence-corrected chi connectivity index (χ0v) is 43.3. The number of hydrogen-bond donors (Lipinski definition) is 2. The van der Waals surface area contributed by atoms with E-state index in [1.54, 1.807) is 0 Å². The van der Waals surface area contributed by atoms with Gasteiger partial charge in [-0.25, -0.2) is 0 Å². The number of phosphoric ester groups is 1. The molecule has 0 spiro atoms. The van der Waals surface area contributed by atoms with Crippen LogP contribution in [0, 0.1) is 0 Å². The summed E-state index contributed by atoms with van der Waals surface area (Å²) in [4.78, 5) is 25.3. The maximum Gasteiger partial charge on any atom is 0.268 e. The second kappa shape index (κ2) is 45.6. The van der Waals surface area contributed by atoms with Gasteiger partial charge >= 0.3 is 0 Å². The Bertz CT molecular complexity index is 978. The minimum absolute atomic E-state index is 0.0157. The van der Waals surface area contributed by atoms with Gasteiger partial charge in [-0.15, -0.1) is 0 Å². The van der Waals surface area contributed by atoms with Crippen LogP contribution in [0.4, 0.5) is 0 Å². The molecule has 0 aromatic heterocycles. The minimum atomic E-state index is -4.55. The Balaban J connectivity index is 3.83. The quantitative estimate of drug-likeness (QED) is 0.0358. The van der Waals surface area contributed by atoms with E-state index in [4.69, 9.17) is 9.05 Å². The predicted molar refractivity (Wildman–Crippen MR) is 266 cm³/mol. The Hall–Kier alpha value is -0.500. The van der Waals surface area contributed by atoms with E-state index in [0.29, 0.717) is 23.9 Å². The van der Waals surface area contributed by atoms with Crippen molar-refractivity contribution in [3.63, 3.8) is 0 Å². The summed E-state index contributed by atoms with van der Waals surface area (Å²) in [6, 6.07) is -0.792. The van der Waals surface area contributed by atoms with E-state index in [-0.39, 0.29) is 19.1 Å². The molecular formula is C53H109N2O6P. The van der Waals surface area contributed by atoms with Gasteiger partial charge in [-0.1, -0.05) is 264 Å². The first-order valence-electron chi connectivity index (χ1n) is 27.4. The molecule has 0 rings (SSSR count). The first-order valence-corrected chi connectivity index (χ1v) is 28.8. The highest BCUT2D eigenvalue weighted by atomic mass is 31.2. The van der Waals surface area contributed by atoms with E-state index in [1.165, 1.54) is 218 Å². The molecule has 0 radical (unpaired) electrons. The van der Waals surface area contributed by atoms with Gasteiger partial charge in [-0.05, 0) is 12.8 Å². The van der Waals surface area contributed by atoms with Crippen molar-refractivity contribution in [1.29, 1.82) is 0 Å². The van der Waals surface area contributed by atoms with Gasteiger partial charge in [-0.2, -0.15) is 0 Å². The largest absolute Gasteiger partial charge is 0.756 e. The number of unbranched alkanes of at least 4 members (excludes halogenated alkanes) is 38. The first-order chi connectivity index (χ1) is 30.0. The molecule has 0 aromatic carbocycles. The van der Waals surface area contributed by atoms with Crippen LogP contribution in [0.15, 0.2) is 0 Å². The molecular weight excluding hydrogens is 792 g/mol. The lowest BCUT2D eigenvalue weighted by Crippen LogP contribution is -2.46. The molecule has 0 aliphatic heterocycles. The van der Waals surface area contributed by atoms with E-state index in [9.17, 15) is 19.4 Å². The van der Waals surface area contributed by atoms with Crippen molar-refractivity contribution < 1.29 is 32.9 Å². The lowest BCUT2D eigenvalue weighted by atomic mass is 10.0. The van der Waals surface area contributed by atoms with Crippen molar-refractivity contribution in [2.45, 2.75) is 296 Å². The number of rotatable bonds is 51. The van der Waals surface area contributed by atoms with Gasteiger partial charge in [0, 0.05) is 6.42 Å². The zero-order chi connectivity index (χ0) is 45.7. The fraction of sp³-hybridized carbons (Fsp3) is 0.981. The monoisotopic (exact) mass is 901 g/mol. The third-order valence-electron chi connectivity index (χ3n) is 12.8. The number of amides is 1. The predicted octanol–water partition coefficient (Wildman–Crippen LogP) is 15.5. The average molecular weight is 901 g/mol. The summed E-state index contributed by atoms with van der Waals surface area (Å²) in [5.41, 5.74) is 0. The molecule has 8 nitrogen and oxygen atoms in total. The van der Waals surface area contributed by atoms with E-state index >= 15 is 0 Å². The van der Waals surface area contributed by atoms with Gasteiger partial charge in [0.1, 0.15) is 13.2 Å². The Labute approximate surface area is 387 Å². The highest BCUT2D eigenvalue weighted by molar-refractivity contribution is 7.45. The number of carbonyl (C=O) groups excluding carboxylic acids is 1. The number of carbonyl (C=O) groups is 1. The smallest absolute Gasteiger partial charge is 0.268 e. The molecule has 9 heteroatoms. The Morgan fingerprint density at radius 3 is 1.10 bits per heavy atom. The van der Waals surface area contributed by atoms with Crippen molar-refractivity contribution >= 4 is 13.7 Å². The summed E-state index contributed by atoms with van der Waals surface area (Å²) in [7, 11) is 1.32. The van der Waals surface area contributed by atoms with Crippen LogP contribution in [-0.2, 0) is 18.4 Å². The number of phosphoric acid groups is 1. The summed E-state index contributed by atoms with van der Waals surface area (Å²) < 4.78 is 23.2. The van der Waals surface area contributed by atoms with E-state index in [0.717, 1.165) is 38.5 Å². The molecule has 2 N–H and O–H groups in total. The van der Waals surface area contributed by atoms with Crippen LogP contribution in [0.1, 0.15) is 284 Å². The standard InChI is InChI=1S/C53H109N2O6P/c1-6-8-10-12-14-16-17-18-19-20-21-22-23-24-25-26-27-28-29-30-31-32-33-34-35-36-37-38-39-41-43-45-47-53(57)54-51(50-61-62(58,59)60-49-48-55(3,4)5)52(56)46-44-42-40-15-13-11-9-7-2/h51-52,56H,6-50H2,1-5H3,(H-,54,57,58,59). The third kappa shape index (κ3) is 47.5. The van der Waals surface area contributed by atoms with Crippen LogP contribution < -0.4 is 10.2 Å². The lowest BCUT2D eigenvalue weighted by Gasteiger charge is -2.30. The normalized spacial score (nSPS) is 14.0. The molecule has 1 amide bonds. The SMILES string of the molecule is CCCCCCCCCCCCCCCCCCCCCCCCCCCCCCCCCCC(=O)NC(COP(=O)([O-])OCC[N+](C)(C)C)C(O)CCCCCCCCCC. The molecule has 0 saturated carbocycles. The summed E-state index contributed by atoms with van der Waals surface area (Å²) in [6.07, 6.45) is 53.1. The number of quaternary nitrogens is 1. The highest BCUT2D eigenvalue weighted by Crippen LogP contribution is 2.38. The summed E-state index contributed by atoms with van der Waals surface area (Å²) in [6.45, 7) is 4.72. The van der Waals surface area contributed by atoms with Gasteiger partial charge < -0.3 is 28.8 Å². The van der Waals surface area contributed by atoms with Crippen molar-refractivity contribution in [2.24, 2.45) is 0 Å². The van der Waals surface area contributed by atoms with Gasteiger partial charge in [0.2, 0.25) is 5.91 Å². The van der Waals surface area contributed by atoms with E-state index in [1.807, 2.05) is 21.1 Å². The number of aliphatic hydroxyl groups excluding tert-OH is 1. The Kier molecular flexibility index (Phi) is 45.3. The highest BCUT2D eigenvalue weighted by Gasteiger charge is 2.24. The number of aliphatic hydroxyl groups is 1.